The van der Waals surface area contributed by atoms with Crippen LogP contribution in [0.2, 0.25) is 10.0 Å². The van der Waals surface area contributed by atoms with Gasteiger partial charge in [0.15, 0.2) is 11.8 Å². The Bertz CT molecular complexity index is 1260. The van der Waals surface area contributed by atoms with Crippen molar-refractivity contribution >= 4 is 40.6 Å². The molecule has 0 aliphatic carbocycles. The first-order chi connectivity index (χ1) is 15.7. The minimum atomic E-state index is -0.997. The number of ether oxygens (including phenoxy) is 1. The SMILES string of the molecule is CCCN(C(=O)C(C)Oc1ccc(Cl)cc1Cl)c1c(N)n(Cc2ccccc2)c(=O)[nH]c1=O. The molecule has 1 atom stereocenters. The highest BCUT2D eigenvalue weighted by Crippen LogP contribution is 2.29. The van der Waals surface area contributed by atoms with Gasteiger partial charge in [-0.15, -0.1) is 0 Å². The van der Waals surface area contributed by atoms with E-state index in [0.29, 0.717) is 11.4 Å². The number of halogens is 2. The molecule has 0 aliphatic rings. The van der Waals surface area contributed by atoms with Crippen LogP contribution in [0.3, 0.4) is 0 Å². The Labute approximate surface area is 200 Å². The minimum absolute atomic E-state index is 0.102. The maximum Gasteiger partial charge on any atom is 0.330 e. The molecule has 33 heavy (non-hydrogen) atoms. The van der Waals surface area contributed by atoms with Crippen LogP contribution < -0.4 is 26.6 Å². The van der Waals surface area contributed by atoms with Gasteiger partial charge in [0.1, 0.15) is 11.6 Å². The highest BCUT2D eigenvalue weighted by atomic mass is 35.5. The molecule has 1 heterocycles. The van der Waals surface area contributed by atoms with Crippen molar-refractivity contribution < 1.29 is 9.53 Å². The minimum Gasteiger partial charge on any atom is -0.479 e. The summed E-state index contributed by atoms with van der Waals surface area (Å²) in [5.74, 6) is -0.342. The maximum absolute atomic E-state index is 13.3. The van der Waals surface area contributed by atoms with Crippen LogP contribution in [0.5, 0.6) is 5.75 Å². The van der Waals surface area contributed by atoms with Gasteiger partial charge in [-0.1, -0.05) is 60.5 Å². The van der Waals surface area contributed by atoms with Crippen molar-refractivity contribution in [1.29, 1.82) is 0 Å². The number of anilines is 2. The average molecular weight is 491 g/mol. The van der Waals surface area contributed by atoms with E-state index in [1.807, 2.05) is 37.3 Å². The van der Waals surface area contributed by atoms with E-state index in [9.17, 15) is 14.4 Å². The molecule has 3 N–H and O–H groups in total. The van der Waals surface area contributed by atoms with Crippen LogP contribution in [-0.2, 0) is 11.3 Å². The molecule has 0 aliphatic heterocycles. The van der Waals surface area contributed by atoms with E-state index in [1.54, 1.807) is 19.1 Å². The number of carbonyl (C=O) groups is 1. The maximum atomic E-state index is 13.3. The van der Waals surface area contributed by atoms with E-state index in [0.717, 1.165) is 5.56 Å². The Morgan fingerprint density at radius 1 is 1.18 bits per heavy atom. The number of amides is 1. The van der Waals surface area contributed by atoms with Crippen molar-refractivity contribution in [2.45, 2.75) is 32.9 Å². The number of nitrogens with one attached hydrogen (secondary N) is 1. The van der Waals surface area contributed by atoms with Crippen molar-refractivity contribution in [3.8, 4) is 5.75 Å². The number of nitrogen functional groups attached to an aromatic ring is 1. The molecule has 3 rings (SSSR count). The Morgan fingerprint density at radius 2 is 1.88 bits per heavy atom. The van der Waals surface area contributed by atoms with Crippen molar-refractivity contribution in [3.63, 3.8) is 0 Å². The molecule has 2 aromatic carbocycles. The molecule has 0 saturated carbocycles. The van der Waals surface area contributed by atoms with Crippen LogP contribution in [0, 0.1) is 0 Å². The van der Waals surface area contributed by atoms with Crippen LogP contribution in [0.25, 0.3) is 0 Å². The Kier molecular flexibility index (Phi) is 7.84. The van der Waals surface area contributed by atoms with Crippen LogP contribution in [-0.4, -0.2) is 28.1 Å². The first-order valence-corrected chi connectivity index (χ1v) is 11.1. The lowest BCUT2D eigenvalue weighted by atomic mass is 10.2. The fourth-order valence-electron chi connectivity index (χ4n) is 3.35. The van der Waals surface area contributed by atoms with E-state index < -0.39 is 23.3 Å². The molecule has 8 nitrogen and oxygen atoms in total. The highest BCUT2D eigenvalue weighted by Gasteiger charge is 2.28. The number of nitrogens with two attached hydrogens (primary N) is 1. The molecule has 174 valence electrons. The number of benzene rings is 2. The number of nitrogens with zero attached hydrogens (tertiary/aromatic N) is 2. The topological polar surface area (TPSA) is 110 Å². The number of rotatable bonds is 8. The summed E-state index contributed by atoms with van der Waals surface area (Å²) in [6, 6.07) is 13.8. The lowest BCUT2D eigenvalue weighted by molar-refractivity contribution is -0.124. The van der Waals surface area contributed by atoms with E-state index in [4.69, 9.17) is 33.7 Å². The van der Waals surface area contributed by atoms with E-state index in [2.05, 4.69) is 4.98 Å². The van der Waals surface area contributed by atoms with Crippen LogP contribution in [0.15, 0.2) is 58.1 Å². The molecular weight excluding hydrogens is 467 g/mol. The summed E-state index contributed by atoms with van der Waals surface area (Å²) in [6.07, 6.45) is -0.458. The second-order valence-electron chi connectivity index (χ2n) is 7.39. The summed E-state index contributed by atoms with van der Waals surface area (Å²) in [4.78, 5) is 42.0. The molecular formula is C23H24Cl2N4O4. The fraction of sp³-hybridized carbons (Fsp3) is 0.261. The molecule has 0 spiro atoms. The average Bonchev–Trinajstić information content (AvgIpc) is 2.78. The molecule has 0 radical (unpaired) electrons. The summed E-state index contributed by atoms with van der Waals surface area (Å²) in [5.41, 5.74) is 5.57. The van der Waals surface area contributed by atoms with Crippen LogP contribution >= 0.6 is 23.2 Å². The standard InChI is InChI=1S/C23H24Cl2N4O4/c1-3-11-28(22(31)14(2)33-18-10-9-16(24)12-17(18)25)19-20(26)29(23(32)27-21(19)30)13-15-7-5-4-6-8-15/h4-10,12,14H,3,11,13,26H2,1-2H3,(H,27,30,32). The predicted octanol–water partition coefficient (Wildman–Crippen LogP) is 3.68. The zero-order valence-electron chi connectivity index (χ0n) is 18.2. The van der Waals surface area contributed by atoms with Crippen molar-refractivity contribution in [1.82, 2.24) is 9.55 Å². The molecule has 0 saturated heterocycles. The molecule has 1 unspecified atom stereocenters. The second-order valence-corrected chi connectivity index (χ2v) is 8.23. The van der Waals surface area contributed by atoms with Crippen molar-refractivity contribution in [2.24, 2.45) is 0 Å². The normalized spacial score (nSPS) is 11.8. The molecule has 10 heteroatoms. The quantitative estimate of drug-likeness (QED) is 0.500. The summed E-state index contributed by atoms with van der Waals surface area (Å²) in [7, 11) is 0. The van der Waals surface area contributed by atoms with Crippen LogP contribution in [0.4, 0.5) is 11.5 Å². The van der Waals surface area contributed by atoms with Gasteiger partial charge in [-0.2, -0.15) is 0 Å². The van der Waals surface area contributed by atoms with Gasteiger partial charge < -0.3 is 15.4 Å². The van der Waals surface area contributed by atoms with Gasteiger partial charge in [0.2, 0.25) is 0 Å². The third kappa shape index (κ3) is 5.58. The third-order valence-corrected chi connectivity index (χ3v) is 5.46. The highest BCUT2D eigenvalue weighted by molar-refractivity contribution is 6.35. The number of aromatic nitrogens is 2. The predicted molar refractivity (Wildman–Crippen MR) is 130 cm³/mol. The summed E-state index contributed by atoms with van der Waals surface area (Å²) in [5, 5.41) is 0.678. The number of aromatic amines is 1. The van der Waals surface area contributed by atoms with Gasteiger partial charge in [-0.05, 0) is 37.1 Å². The van der Waals surface area contributed by atoms with E-state index >= 15 is 0 Å². The largest absolute Gasteiger partial charge is 0.479 e. The number of carbonyl (C=O) groups excluding carboxylic acids is 1. The second kappa shape index (κ2) is 10.6. The molecule has 3 aromatic rings. The Hall–Kier alpha value is -3.23. The lowest BCUT2D eigenvalue weighted by Gasteiger charge is -2.27. The van der Waals surface area contributed by atoms with E-state index in [1.165, 1.54) is 15.5 Å². The molecule has 0 bridgehead atoms. The summed E-state index contributed by atoms with van der Waals surface area (Å²) in [6.45, 7) is 3.72. The van der Waals surface area contributed by atoms with Gasteiger partial charge in [-0.3, -0.25) is 19.1 Å². The smallest absolute Gasteiger partial charge is 0.330 e. The first-order valence-electron chi connectivity index (χ1n) is 10.3. The number of H-pyrrole nitrogens is 1. The van der Waals surface area contributed by atoms with Gasteiger partial charge in [0.25, 0.3) is 11.5 Å². The number of hydrogen-bond donors (Lipinski definition) is 2. The van der Waals surface area contributed by atoms with Gasteiger partial charge in [-0.25, -0.2) is 4.79 Å². The van der Waals surface area contributed by atoms with Gasteiger partial charge >= 0.3 is 5.69 Å². The Balaban J connectivity index is 1.98. The third-order valence-electron chi connectivity index (χ3n) is 4.93. The van der Waals surface area contributed by atoms with E-state index in [-0.39, 0.29) is 35.4 Å². The molecule has 1 amide bonds. The van der Waals surface area contributed by atoms with Crippen LogP contribution in [0.1, 0.15) is 25.8 Å². The van der Waals surface area contributed by atoms with Crippen molar-refractivity contribution in [3.05, 3.63) is 85.0 Å². The van der Waals surface area contributed by atoms with Crippen molar-refractivity contribution in [2.75, 3.05) is 17.2 Å². The zero-order chi connectivity index (χ0) is 24.1. The summed E-state index contributed by atoms with van der Waals surface area (Å²) < 4.78 is 6.96. The first kappa shape index (κ1) is 24.4. The Morgan fingerprint density at radius 3 is 2.52 bits per heavy atom. The zero-order valence-corrected chi connectivity index (χ0v) is 19.7. The van der Waals surface area contributed by atoms with Gasteiger partial charge in [0, 0.05) is 11.6 Å². The molecule has 1 aromatic heterocycles. The fourth-order valence-corrected chi connectivity index (χ4v) is 3.80. The monoisotopic (exact) mass is 490 g/mol. The van der Waals surface area contributed by atoms with Gasteiger partial charge in [0.05, 0.1) is 11.6 Å². The summed E-state index contributed by atoms with van der Waals surface area (Å²) >= 11 is 12.1. The lowest BCUT2D eigenvalue weighted by Crippen LogP contribution is -2.46. The molecule has 0 fully saturated rings. The number of hydrogen-bond acceptors (Lipinski definition) is 5.